The van der Waals surface area contributed by atoms with Crippen LogP contribution >= 0.6 is 0 Å². The van der Waals surface area contributed by atoms with Crippen LogP contribution in [0.1, 0.15) is 31.8 Å². The molecular formula is C22H14F3N3O6. The number of hydrogen-bond acceptors (Lipinski definition) is 7. The summed E-state index contributed by atoms with van der Waals surface area (Å²) < 4.78 is 43.9. The van der Waals surface area contributed by atoms with Gasteiger partial charge in [-0.25, -0.2) is 10.2 Å². The van der Waals surface area contributed by atoms with Crippen LogP contribution in [0.15, 0.2) is 71.8 Å². The molecular weight excluding hydrogens is 459 g/mol. The molecule has 0 spiro atoms. The number of rotatable bonds is 6. The zero-order valence-corrected chi connectivity index (χ0v) is 16.9. The molecule has 0 heterocycles. The lowest BCUT2D eigenvalue weighted by Crippen LogP contribution is -2.18. The third kappa shape index (κ3) is 5.73. The first-order valence-corrected chi connectivity index (χ1v) is 9.35. The van der Waals surface area contributed by atoms with Gasteiger partial charge in [0, 0.05) is 17.7 Å². The van der Waals surface area contributed by atoms with E-state index in [1.54, 1.807) is 0 Å². The fourth-order valence-corrected chi connectivity index (χ4v) is 2.71. The number of nitrogens with one attached hydrogen (secondary N) is 1. The van der Waals surface area contributed by atoms with Gasteiger partial charge in [-0.1, -0.05) is 18.2 Å². The Kier molecular flexibility index (Phi) is 6.90. The van der Waals surface area contributed by atoms with Crippen LogP contribution in [-0.2, 0) is 6.18 Å². The second kappa shape index (κ2) is 9.81. The molecule has 9 nitrogen and oxygen atoms in total. The standard InChI is InChI=1S/C22H14F3N3O6/c23-22(24,25)15-5-3-4-13(10-15)21(31)34-19-9-8-16(28(32)33)11-14(19)12-26-27-20(30)17-6-1-2-7-18(17)29/h1-12,29H,(H,27,30)/b26-12+. The van der Waals surface area contributed by atoms with Crippen molar-refractivity contribution < 1.29 is 37.5 Å². The van der Waals surface area contributed by atoms with Crippen LogP contribution in [0.5, 0.6) is 11.5 Å². The normalized spacial score (nSPS) is 11.3. The minimum atomic E-state index is -4.67. The Hall–Kier alpha value is -4.74. The summed E-state index contributed by atoms with van der Waals surface area (Å²) in [5.41, 5.74) is 0.0506. The minimum absolute atomic E-state index is 0.0881. The Morgan fingerprint density at radius 3 is 2.47 bits per heavy atom. The molecule has 0 atom stereocenters. The van der Waals surface area contributed by atoms with Gasteiger partial charge in [-0.05, 0) is 36.4 Å². The molecule has 174 valence electrons. The highest BCUT2D eigenvalue weighted by Gasteiger charge is 2.31. The number of hydrazone groups is 1. The van der Waals surface area contributed by atoms with E-state index in [-0.39, 0.29) is 22.6 Å². The molecule has 3 aromatic carbocycles. The summed E-state index contributed by atoms with van der Waals surface area (Å²) in [6, 6.07) is 12.2. The number of nitro benzene ring substituents is 1. The number of esters is 1. The molecule has 0 aromatic heterocycles. The van der Waals surface area contributed by atoms with Gasteiger partial charge in [0.1, 0.15) is 11.5 Å². The second-order valence-corrected chi connectivity index (χ2v) is 6.66. The van der Waals surface area contributed by atoms with Crippen molar-refractivity contribution in [2.45, 2.75) is 6.18 Å². The Bertz CT molecular complexity index is 1290. The minimum Gasteiger partial charge on any atom is -0.507 e. The fourth-order valence-electron chi connectivity index (χ4n) is 2.71. The van der Waals surface area contributed by atoms with Crippen LogP contribution in [0.3, 0.4) is 0 Å². The first kappa shape index (κ1) is 23.9. The molecule has 0 unspecified atom stereocenters. The number of benzene rings is 3. The van der Waals surface area contributed by atoms with E-state index in [4.69, 9.17) is 4.74 Å². The average Bonchev–Trinajstić information content (AvgIpc) is 2.79. The van der Waals surface area contributed by atoms with Crippen LogP contribution in [0.25, 0.3) is 0 Å². The number of alkyl halides is 3. The molecule has 0 aliphatic rings. The third-order valence-corrected chi connectivity index (χ3v) is 4.35. The highest BCUT2D eigenvalue weighted by Crippen LogP contribution is 2.30. The summed E-state index contributed by atoms with van der Waals surface area (Å²) in [4.78, 5) is 34.9. The molecule has 0 radical (unpaired) electrons. The molecule has 0 aliphatic heterocycles. The highest BCUT2D eigenvalue weighted by atomic mass is 19.4. The van der Waals surface area contributed by atoms with E-state index in [2.05, 4.69) is 10.5 Å². The number of nitro groups is 1. The predicted molar refractivity (Wildman–Crippen MR) is 113 cm³/mol. The number of para-hydroxylation sites is 1. The van der Waals surface area contributed by atoms with E-state index in [0.29, 0.717) is 6.07 Å². The maximum atomic E-state index is 12.9. The Labute approximate surface area is 189 Å². The smallest absolute Gasteiger partial charge is 0.416 e. The molecule has 34 heavy (non-hydrogen) atoms. The monoisotopic (exact) mass is 473 g/mol. The van der Waals surface area contributed by atoms with Crippen LogP contribution in [-0.4, -0.2) is 28.1 Å². The van der Waals surface area contributed by atoms with E-state index in [1.165, 1.54) is 24.3 Å². The van der Waals surface area contributed by atoms with Crippen molar-refractivity contribution in [2.24, 2.45) is 5.10 Å². The number of aromatic hydroxyl groups is 1. The van der Waals surface area contributed by atoms with E-state index < -0.39 is 39.8 Å². The molecule has 0 fully saturated rings. The predicted octanol–water partition coefficient (Wildman–Crippen LogP) is 4.30. The third-order valence-electron chi connectivity index (χ3n) is 4.35. The summed E-state index contributed by atoms with van der Waals surface area (Å²) in [6.45, 7) is 0. The molecule has 0 saturated carbocycles. The van der Waals surface area contributed by atoms with Gasteiger partial charge in [0.05, 0.1) is 27.8 Å². The Morgan fingerprint density at radius 1 is 1.06 bits per heavy atom. The molecule has 0 saturated heterocycles. The quantitative estimate of drug-likeness (QED) is 0.180. The van der Waals surface area contributed by atoms with Gasteiger partial charge in [-0.2, -0.15) is 18.3 Å². The molecule has 3 rings (SSSR count). The molecule has 3 aromatic rings. The number of phenols is 1. The van der Waals surface area contributed by atoms with E-state index in [9.17, 15) is 38.0 Å². The van der Waals surface area contributed by atoms with Crippen LogP contribution in [0.2, 0.25) is 0 Å². The fraction of sp³-hybridized carbons (Fsp3) is 0.0455. The molecule has 0 bridgehead atoms. The van der Waals surface area contributed by atoms with Gasteiger partial charge in [0.15, 0.2) is 0 Å². The zero-order valence-electron chi connectivity index (χ0n) is 16.9. The van der Waals surface area contributed by atoms with Crippen molar-refractivity contribution in [1.82, 2.24) is 5.43 Å². The SMILES string of the molecule is O=C(Oc1ccc([N+](=O)[O-])cc1/C=N/NC(=O)c1ccccc1O)c1cccc(C(F)(F)F)c1. The molecule has 0 aliphatic carbocycles. The topological polar surface area (TPSA) is 131 Å². The van der Waals surface area contributed by atoms with E-state index in [0.717, 1.165) is 42.6 Å². The van der Waals surface area contributed by atoms with Crippen molar-refractivity contribution in [3.63, 3.8) is 0 Å². The first-order valence-electron chi connectivity index (χ1n) is 9.35. The summed E-state index contributed by atoms with van der Waals surface area (Å²) >= 11 is 0. The molecule has 1 amide bonds. The summed E-state index contributed by atoms with van der Waals surface area (Å²) in [6.07, 6.45) is -3.73. The maximum absolute atomic E-state index is 12.9. The van der Waals surface area contributed by atoms with Crippen LogP contribution in [0.4, 0.5) is 18.9 Å². The Morgan fingerprint density at radius 2 is 1.79 bits per heavy atom. The summed E-state index contributed by atoms with van der Waals surface area (Å²) in [5.74, 6) is -2.50. The average molecular weight is 473 g/mol. The zero-order chi connectivity index (χ0) is 24.9. The van der Waals surface area contributed by atoms with Gasteiger partial charge in [0.25, 0.3) is 11.6 Å². The van der Waals surface area contributed by atoms with Gasteiger partial charge in [0.2, 0.25) is 0 Å². The van der Waals surface area contributed by atoms with Gasteiger partial charge in [-0.3, -0.25) is 14.9 Å². The number of hydrogen-bond donors (Lipinski definition) is 2. The van der Waals surface area contributed by atoms with Crippen molar-refractivity contribution in [3.05, 3.63) is 99.1 Å². The lowest BCUT2D eigenvalue weighted by molar-refractivity contribution is -0.384. The van der Waals surface area contributed by atoms with Crippen molar-refractivity contribution in [1.29, 1.82) is 0 Å². The number of nitrogens with zero attached hydrogens (tertiary/aromatic N) is 2. The van der Waals surface area contributed by atoms with Crippen LogP contribution in [0, 0.1) is 10.1 Å². The lowest BCUT2D eigenvalue weighted by Gasteiger charge is -2.10. The number of phenolic OH excluding ortho intramolecular Hbond substituents is 1. The van der Waals surface area contributed by atoms with Gasteiger partial charge >= 0.3 is 12.1 Å². The lowest BCUT2D eigenvalue weighted by atomic mass is 10.1. The van der Waals surface area contributed by atoms with Gasteiger partial charge < -0.3 is 9.84 Å². The number of amides is 1. The summed E-state index contributed by atoms with van der Waals surface area (Å²) in [5, 5.41) is 24.4. The maximum Gasteiger partial charge on any atom is 0.416 e. The van der Waals surface area contributed by atoms with Crippen LogP contribution < -0.4 is 10.2 Å². The first-order chi connectivity index (χ1) is 16.1. The number of ether oxygens (including phenoxy) is 1. The van der Waals surface area contributed by atoms with E-state index in [1.807, 2.05) is 0 Å². The number of carbonyl (C=O) groups excluding carboxylic acids is 2. The van der Waals surface area contributed by atoms with E-state index >= 15 is 0 Å². The van der Waals surface area contributed by atoms with Crippen molar-refractivity contribution >= 4 is 23.8 Å². The second-order valence-electron chi connectivity index (χ2n) is 6.66. The van der Waals surface area contributed by atoms with Crippen molar-refractivity contribution in [3.8, 4) is 11.5 Å². The van der Waals surface area contributed by atoms with Gasteiger partial charge in [-0.15, -0.1) is 0 Å². The molecule has 12 heteroatoms. The Balaban J connectivity index is 1.85. The highest BCUT2D eigenvalue weighted by molar-refractivity contribution is 5.98. The molecule has 2 N–H and O–H groups in total. The number of non-ortho nitro benzene ring substituents is 1. The summed E-state index contributed by atoms with van der Waals surface area (Å²) in [7, 11) is 0. The van der Waals surface area contributed by atoms with Crippen molar-refractivity contribution in [2.75, 3.05) is 0 Å². The number of halogens is 3. The number of carbonyl (C=O) groups is 2. The largest absolute Gasteiger partial charge is 0.507 e.